The summed E-state index contributed by atoms with van der Waals surface area (Å²) in [4.78, 5) is 29.7. The van der Waals surface area contributed by atoms with Crippen LogP contribution >= 0.6 is 0 Å². The maximum absolute atomic E-state index is 10.3. The van der Waals surface area contributed by atoms with Crippen molar-refractivity contribution in [1.82, 2.24) is 0 Å². The van der Waals surface area contributed by atoms with Crippen LogP contribution in [-0.4, -0.2) is 24.3 Å². The molecule has 0 fully saturated rings. The molecule has 5 nitrogen and oxygen atoms in total. The van der Waals surface area contributed by atoms with Crippen LogP contribution in [0, 0.1) is 0 Å². The summed E-state index contributed by atoms with van der Waals surface area (Å²) in [6.07, 6.45) is 2.68. The number of esters is 1. The van der Waals surface area contributed by atoms with E-state index in [0.29, 0.717) is 6.61 Å². The van der Waals surface area contributed by atoms with Crippen molar-refractivity contribution in [3.63, 3.8) is 0 Å². The summed E-state index contributed by atoms with van der Waals surface area (Å²) in [5.41, 5.74) is 0. The molecule has 5 heteroatoms. The van der Waals surface area contributed by atoms with Crippen LogP contribution in [0.15, 0.2) is 12.7 Å². The normalized spacial score (nSPS) is 8.38. The van der Waals surface area contributed by atoms with Gasteiger partial charge < -0.3 is 4.74 Å². The average Bonchev–Trinajstić information content (AvgIpc) is 2.16. The number of Topliss-reactive ketones (excluding diaryl/α,β-unsaturated/α-hetero) is 1. The zero-order valence-corrected chi connectivity index (χ0v) is 9.65. The van der Waals surface area contributed by atoms with Crippen LogP contribution in [0.3, 0.4) is 0 Å². The fourth-order valence-corrected chi connectivity index (χ4v) is 0.579. The molecule has 1 radical (unpaired) electrons. The van der Waals surface area contributed by atoms with E-state index < -0.39 is 12.4 Å². The highest BCUT2D eigenvalue weighted by atomic mass is 16.5. The highest BCUT2D eigenvalue weighted by Crippen LogP contribution is 1.88. The third kappa shape index (κ3) is 18.2. The second-order valence-corrected chi connectivity index (χ2v) is 2.98. The van der Waals surface area contributed by atoms with Crippen molar-refractivity contribution in [2.24, 2.45) is 0 Å². The molecule has 0 spiro atoms. The number of rotatable bonds is 6. The van der Waals surface area contributed by atoms with Crippen molar-refractivity contribution in [1.29, 1.82) is 0 Å². The summed E-state index contributed by atoms with van der Waals surface area (Å²) in [6.45, 7) is 7.03. The molecule has 0 amide bonds. The van der Waals surface area contributed by atoms with E-state index in [1.54, 1.807) is 0 Å². The zero-order valence-electron chi connectivity index (χ0n) is 9.65. The molecule has 0 N–H and O–H groups in total. The summed E-state index contributed by atoms with van der Waals surface area (Å²) in [6, 6.07) is 0. The van der Waals surface area contributed by atoms with E-state index in [4.69, 9.17) is 0 Å². The fourth-order valence-electron chi connectivity index (χ4n) is 0.579. The number of unbranched alkanes of at least 4 members (excludes halogenated alkanes) is 1. The Balaban J connectivity index is 0. The van der Waals surface area contributed by atoms with Crippen molar-refractivity contribution in [3.8, 4) is 0 Å². The van der Waals surface area contributed by atoms with Crippen LogP contribution < -0.4 is 0 Å². The Labute approximate surface area is 95.1 Å². The van der Waals surface area contributed by atoms with Gasteiger partial charge in [0, 0.05) is 6.08 Å². The van der Waals surface area contributed by atoms with E-state index in [9.17, 15) is 19.5 Å². The van der Waals surface area contributed by atoms with Crippen molar-refractivity contribution in [2.45, 2.75) is 33.1 Å². The van der Waals surface area contributed by atoms with Gasteiger partial charge >= 0.3 is 11.9 Å². The molecule has 0 aromatic heterocycles. The van der Waals surface area contributed by atoms with Gasteiger partial charge in [-0.05, 0) is 13.3 Å². The number of ketones is 1. The third-order valence-electron chi connectivity index (χ3n) is 1.30. The lowest BCUT2D eigenvalue weighted by Crippen LogP contribution is -2.00. The van der Waals surface area contributed by atoms with Crippen molar-refractivity contribution >= 4 is 17.7 Å². The summed E-state index contributed by atoms with van der Waals surface area (Å²) in [7, 11) is 0. The standard InChI is InChI=1S/C7H12O2.C4H5O3/c1-3-5-6-9-7(8)4-2;1-3(5)2-4(6)7/h4H,2-3,5-6H2,1H3;2H2,1H3. The fraction of sp³-hybridized carbons (Fsp3) is 0.545. The van der Waals surface area contributed by atoms with Crippen LogP contribution in [0.2, 0.25) is 0 Å². The number of carbonyl (C=O) groups excluding carboxylic acids is 3. The Bertz CT molecular complexity index is 233. The monoisotopic (exact) mass is 229 g/mol. The zero-order chi connectivity index (χ0) is 13.0. The first-order valence-corrected chi connectivity index (χ1v) is 4.92. The van der Waals surface area contributed by atoms with Crippen molar-refractivity contribution < 1.29 is 24.2 Å². The molecule has 0 atom stereocenters. The Hall–Kier alpha value is -1.65. The molecular formula is C11H17O5. The van der Waals surface area contributed by atoms with Crippen LogP contribution in [-0.2, 0) is 24.2 Å². The molecule has 0 aromatic carbocycles. The molecule has 0 aromatic rings. The highest BCUT2D eigenvalue weighted by Gasteiger charge is 2.01. The van der Waals surface area contributed by atoms with E-state index in [-0.39, 0.29) is 11.8 Å². The lowest BCUT2D eigenvalue weighted by atomic mass is 10.3. The van der Waals surface area contributed by atoms with Crippen molar-refractivity contribution in [3.05, 3.63) is 12.7 Å². The summed E-state index contributed by atoms with van der Waals surface area (Å²) >= 11 is 0. The van der Waals surface area contributed by atoms with Gasteiger partial charge in [0.2, 0.25) is 0 Å². The highest BCUT2D eigenvalue weighted by molar-refractivity contribution is 5.92. The SMILES string of the molecule is C=CC(=O)OCCCC.CC(=O)CC([O])=O. The predicted molar refractivity (Wildman–Crippen MR) is 57.1 cm³/mol. The Kier molecular flexibility index (Phi) is 12.0. The smallest absolute Gasteiger partial charge is 0.362 e. The minimum absolute atomic E-state index is 0.330. The van der Waals surface area contributed by atoms with E-state index in [1.807, 2.05) is 6.92 Å². The van der Waals surface area contributed by atoms with Gasteiger partial charge in [-0.15, -0.1) is 0 Å². The number of ether oxygens (including phenoxy) is 1. The maximum atomic E-state index is 10.3. The molecule has 0 aliphatic rings. The molecular weight excluding hydrogens is 212 g/mol. The molecule has 0 saturated heterocycles. The largest absolute Gasteiger partial charge is 0.463 e. The second kappa shape index (κ2) is 11.4. The average molecular weight is 229 g/mol. The van der Waals surface area contributed by atoms with Crippen LogP contribution in [0.25, 0.3) is 0 Å². The lowest BCUT2D eigenvalue weighted by molar-refractivity contribution is -0.145. The molecule has 0 unspecified atom stereocenters. The molecule has 0 bridgehead atoms. The molecule has 0 rings (SSSR count). The molecule has 0 aliphatic carbocycles. The Morgan fingerprint density at radius 1 is 1.31 bits per heavy atom. The third-order valence-corrected chi connectivity index (χ3v) is 1.30. The van der Waals surface area contributed by atoms with Gasteiger partial charge in [-0.25, -0.2) is 14.7 Å². The van der Waals surface area contributed by atoms with E-state index in [2.05, 4.69) is 11.3 Å². The number of hydrogen-bond donors (Lipinski definition) is 0. The number of carbonyl (C=O) groups is 3. The van der Waals surface area contributed by atoms with E-state index in [0.717, 1.165) is 12.8 Å². The van der Waals surface area contributed by atoms with Crippen molar-refractivity contribution in [2.75, 3.05) is 6.61 Å². The minimum atomic E-state index is -1.31. The van der Waals surface area contributed by atoms with Gasteiger partial charge in [-0.1, -0.05) is 19.9 Å². The molecule has 0 saturated carbocycles. The van der Waals surface area contributed by atoms with Crippen LogP contribution in [0.1, 0.15) is 33.1 Å². The van der Waals surface area contributed by atoms with Crippen LogP contribution in [0.5, 0.6) is 0 Å². The summed E-state index contributed by atoms with van der Waals surface area (Å²) in [5.74, 6) is -2.02. The first kappa shape index (κ1) is 16.8. The predicted octanol–water partition coefficient (Wildman–Crippen LogP) is 1.44. The molecule has 16 heavy (non-hydrogen) atoms. The maximum Gasteiger partial charge on any atom is 0.362 e. The van der Waals surface area contributed by atoms with Gasteiger partial charge in [0.05, 0.1) is 6.61 Å². The topological polar surface area (TPSA) is 80.3 Å². The van der Waals surface area contributed by atoms with Gasteiger partial charge in [0.15, 0.2) is 0 Å². The van der Waals surface area contributed by atoms with Gasteiger partial charge in [0.1, 0.15) is 12.2 Å². The van der Waals surface area contributed by atoms with Crippen LogP contribution in [0.4, 0.5) is 0 Å². The summed E-state index contributed by atoms with van der Waals surface area (Å²) < 4.78 is 4.67. The minimum Gasteiger partial charge on any atom is -0.463 e. The Morgan fingerprint density at radius 3 is 2.12 bits per heavy atom. The van der Waals surface area contributed by atoms with Gasteiger partial charge in [-0.2, -0.15) is 0 Å². The Morgan fingerprint density at radius 2 is 1.88 bits per heavy atom. The molecule has 91 valence electrons. The number of hydrogen-bond acceptors (Lipinski definition) is 4. The first-order valence-electron chi connectivity index (χ1n) is 4.92. The molecule has 0 heterocycles. The van der Waals surface area contributed by atoms with E-state index >= 15 is 0 Å². The lowest BCUT2D eigenvalue weighted by Gasteiger charge is -1.97. The first-order chi connectivity index (χ1) is 7.43. The second-order valence-electron chi connectivity index (χ2n) is 2.98. The van der Waals surface area contributed by atoms with Gasteiger partial charge in [-0.3, -0.25) is 4.79 Å². The van der Waals surface area contributed by atoms with Gasteiger partial charge in [0.25, 0.3) is 0 Å². The van der Waals surface area contributed by atoms with E-state index in [1.165, 1.54) is 13.0 Å². The quantitative estimate of drug-likeness (QED) is 0.299. The summed E-state index contributed by atoms with van der Waals surface area (Å²) in [5, 5.41) is 9.48. The molecule has 0 aliphatic heterocycles.